The number of nitrogens with two attached hydrogens (primary N) is 1. The number of ether oxygens (including phenoxy) is 1. The van der Waals surface area contributed by atoms with Crippen molar-refractivity contribution in [2.24, 2.45) is 0 Å². The molecular weight excluding hydrogens is 270 g/mol. The van der Waals surface area contributed by atoms with Gasteiger partial charge in [-0.05, 0) is 25.3 Å². The number of aromatic nitrogens is 2. The third-order valence-corrected chi connectivity index (χ3v) is 3.96. The monoisotopic (exact) mass is 293 g/mol. The predicted octanol–water partition coefficient (Wildman–Crippen LogP) is -0.165. The minimum absolute atomic E-state index is 0.112. The highest BCUT2D eigenvalue weighted by Gasteiger charge is 2.32. The highest BCUT2D eigenvalue weighted by Crippen LogP contribution is 2.19. The molecular formula is C14H23N5O2. The van der Waals surface area contributed by atoms with Crippen LogP contribution in [0, 0.1) is 0 Å². The van der Waals surface area contributed by atoms with Gasteiger partial charge in [0.25, 0.3) is 0 Å². The third kappa shape index (κ3) is 3.95. The summed E-state index contributed by atoms with van der Waals surface area (Å²) in [6.45, 7) is 3.68. The van der Waals surface area contributed by atoms with Crippen LogP contribution in [0.15, 0.2) is 12.3 Å². The minimum Gasteiger partial charge on any atom is -0.382 e. The van der Waals surface area contributed by atoms with Gasteiger partial charge in [0.05, 0.1) is 13.2 Å². The summed E-state index contributed by atoms with van der Waals surface area (Å²) in [7, 11) is 0. The number of rotatable bonds is 6. The number of carbonyl (C=O) groups is 1. The minimum atomic E-state index is -0.151. The van der Waals surface area contributed by atoms with Crippen molar-refractivity contribution in [3.8, 4) is 0 Å². The molecule has 1 unspecified atom stereocenters. The number of amides is 1. The second kappa shape index (κ2) is 6.44. The molecule has 1 aromatic rings. The maximum absolute atomic E-state index is 12.2. The lowest BCUT2D eigenvalue weighted by atomic mass is 10.2. The Bertz CT molecular complexity index is 485. The van der Waals surface area contributed by atoms with E-state index in [1.807, 2.05) is 10.9 Å². The van der Waals surface area contributed by atoms with Gasteiger partial charge in [0.1, 0.15) is 11.9 Å². The van der Waals surface area contributed by atoms with Crippen molar-refractivity contribution in [3.05, 3.63) is 12.3 Å². The van der Waals surface area contributed by atoms with E-state index in [4.69, 9.17) is 10.5 Å². The van der Waals surface area contributed by atoms with Crippen LogP contribution in [0.4, 0.5) is 5.82 Å². The zero-order valence-corrected chi connectivity index (χ0v) is 12.2. The van der Waals surface area contributed by atoms with Crippen molar-refractivity contribution in [2.75, 3.05) is 32.0 Å². The van der Waals surface area contributed by atoms with Crippen LogP contribution in [0.3, 0.4) is 0 Å². The number of anilines is 1. The van der Waals surface area contributed by atoms with Crippen LogP contribution in [0.5, 0.6) is 0 Å². The first-order chi connectivity index (χ1) is 10.2. The first-order valence-electron chi connectivity index (χ1n) is 7.63. The molecule has 21 heavy (non-hydrogen) atoms. The summed E-state index contributed by atoms with van der Waals surface area (Å²) >= 11 is 0. The number of carbonyl (C=O) groups excluding carboxylic acids is 1. The van der Waals surface area contributed by atoms with E-state index < -0.39 is 0 Å². The van der Waals surface area contributed by atoms with Crippen molar-refractivity contribution >= 4 is 11.7 Å². The Balaban J connectivity index is 1.47. The largest absolute Gasteiger partial charge is 0.382 e. The van der Waals surface area contributed by atoms with E-state index in [0.29, 0.717) is 25.1 Å². The molecule has 3 rings (SSSR count). The molecule has 7 nitrogen and oxygen atoms in total. The van der Waals surface area contributed by atoms with E-state index in [1.165, 1.54) is 0 Å². The van der Waals surface area contributed by atoms with E-state index in [1.54, 1.807) is 6.07 Å². The molecule has 1 saturated heterocycles. The smallest absolute Gasteiger partial charge is 0.239 e. The fourth-order valence-electron chi connectivity index (χ4n) is 2.61. The van der Waals surface area contributed by atoms with Gasteiger partial charge in [-0.3, -0.25) is 14.4 Å². The Hall–Kier alpha value is -1.60. The van der Waals surface area contributed by atoms with Crippen molar-refractivity contribution in [1.29, 1.82) is 0 Å². The van der Waals surface area contributed by atoms with Crippen molar-refractivity contribution in [2.45, 2.75) is 37.9 Å². The van der Waals surface area contributed by atoms with E-state index in [0.717, 1.165) is 38.9 Å². The maximum Gasteiger partial charge on any atom is 0.239 e. The van der Waals surface area contributed by atoms with Gasteiger partial charge >= 0.3 is 0 Å². The summed E-state index contributed by atoms with van der Waals surface area (Å²) in [6, 6.07) is 2.04. The molecule has 0 radical (unpaired) electrons. The average molecular weight is 293 g/mol. The van der Waals surface area contributed by atoms with E-state index >= 15 is 0 Å². The number of hydrogen-bond donors (Lipinski definition) is 2. The summed E-state index contributed by atoms with van der Waals surface area (Å²) in [5, 5.41) is 7.24. The van der Waals surface area contributed by atoms with Crippen molar-refractivity contribution in [1.82, 2.24) is 20.0 Å². The van der Waals surface area contributed by atoms with Gasteiger partial charge in [-0.15, -0.1) is 0 Å². The lowest BCUT2D eigenvalue weighted by Crippen LogP contribution is -2.54. The van der Waals surface area contributed by atoms with E-state index in [-0.39, 0.29) is 11.9 Å². The molecule has 7 heteroatoms. The number of nitrogens with one attached hydrogen (secondary N) is 1. The lowest BCUT2D eigenvalue weighted by molar-refractivity contribution is -0.132. The molecule has 1 aliphatic carbocycles. The Labute approximate surface area is 124 Å². The molecule has 2 aliphatic rings. The van der Waals surface area contributed by atoms with Gasteiger partial charge in [0, 0.05) is 31.9 Å². The van der Waals surface area contributed by atoms with Crippen LogP contribution in [0.1, 0.15) is 19.3 Å². The SMILES string of the molecule is Nc1ccn(CCCN2CCOCC2C(=O)NC2CC2)n1. The molecule has 1 saturated carbocycles. The Morgan fingerprint density at radius 2 is 2.33 bits per heavy atom. The fourth-order valence-corrected chi connectivity index (χ4v) is 2.61. The molecule has 1 aromatic heterocycles. The fraction of sp³-hybridized carbons (Fsp3) is 0.714. The molecule has 0 bridgehead atoms. The first kappa shape index (κ1) is 14.3. The van der Waals surface area contributed by atoms with Crippen LogP contribution in [0.2, 0.25) is 0 Å². The second-order valence-corrected chi connectivity index (χ2v) is 5.77. The van der Waals surface area contributed by atoms with Crippen molar-refractivity contribution in [3.63, 3.8) is 0 Å². The third-order valence-electron chi connectivity index (χ3n) is 3.96. The summed E-state index contributed by atoms with van der Waals surface area (Å²) in [5.74, 6) is 0.656. The normalized spacial score (nSPS) is 23.1. The van der Waals surface area contributed by atoms with Crippen LogP contribution >= 0.6 is 0 Å². The highest BCUT2D eigenvalue weighted by atomic mass is 16.5. The predicted molar refractivity (Wildman–Crippen MR) is 78.6 cm³/mol. The second-order valence-electron chi connectivity index (χ2n) is 5.77. The number of aryl methyl sites for hydroxylation is 1. The Kier molecular flexibility index (Phi) is 4.40. The molecule has 1 aliphatic heterocycles. The Morgan fingerprint density at radius 3 is 3.05 bits per heavy atom. The number of nitrogens with zero attached hydrogens (tertiary/aromatic N) is 3. The maximum atomic E-state index is 12.2. The van der Waals surface area contributed by atoms with Gasteiger partial charge in [-0.1, -0.05) is 0 Å². The molecule has 1 atom stereocenters. The summed E-state index contributed by atoms with van der Waals surface area (Å²) < 4.78 is 7.31. The molecule has 0 spiro atoms. The molecule has 1 amide bonds. The first-order valence-corrected chi connectivity index (χ1v) is 7.63. The molecule has 2 fully saturated rings. The van der Waals surface area contributed by atoms with Crippen LogP contribution in [-0.2, 0) is 16.1 Å². The summed E-state index contributed by atoms with van der Waals surface area (Å²) in [4.78, 5) is 14.4. The van der Waals surface area contributed by atoms with Gasteiger partial charge in [-0.2, -0.15) is 5.10 Å². The average Bonchev–Trinajstić information content (AvgIpc) is 3.20. The highest BCUT2D eigenvalue weighted by molar-refractivity contribution is 5.82. The van der Waals surface area contributed by atoms with Gasteiger partial charge in [0.15, 0.2) is 0 Å². The molecule has 2 heterocycles. The van der Waals surface area contributed by atoms with Crippen LogP contribution in [-0.4, -0.2) is 59.0 Å². The van der Waals surface area contributed by atoms with Gasteiger partial charge in [0.2, 0.25) is 5.91 Å². The number of morpholine rings is 1. The summed E-state index contributed by atoms with van der Waals surface area (Å²) in [5.41, 5.74) is 5.60. The number of nitrogen functional groups attached to an aromatic ring is 1. The molecule has 116 valence electrons. The van der Waals surface area contributed by atoms with Crippen LogP contribution < -0.4 is 11.1 Å². The van der Waals surface area contributed by atoms with E-state index in [9.17, 15) is 4.79 Å². The standard InChI is InChI=1S/C14H23N5O2/c15-13-4-7-19(17-13)6-1-5-18-8-9-21-10-12(18)14(20)16-11-2-3-11/h4,7,11-12H,1-3,5-6,8-10H2,(H2,15,17)(H,16,20). The molecule has 3 N–H and O–H groups in total. The Morgan fingerprint density at radius 1 is 1.48 bits per heavy atom. The van der Waals surface area contributed by atoms with Crippen molar-refractivity contribution < 1.29 is 9.53 Å². The quantitative estimate of drug-likeness (QED) is 0.761. The van der Waals surface area contributed by atoms with Gasteiger partial charge in [-0.25, -0.2) is 0 Å². The lowest BCUT2D eigenvalue weighted by Gasteiger charge is -2.34. The zero-order valence-electron chi connectivity index (χ0n) is 12.2. The zero-order chi connectivity index (χ0) is 14.7. The summed E-state index contributed by atoms with van der Waals surface area (Å²) in [6.07, 6.45) is 5.04. The van der Waals surface area contributed by atoms with Gasteiger partial charge < -0.3 is 15.8 Å². The topological polar surface area (TPSA) is 85.4 Å². The van der Waals surface area contributed by atoms with Crippen LogP contribution in [0.25, 0.3) is 0 Å². The number of hydrogen-bond acceptors (Lipinski definition) is 5. The van der Waals surface area contributed by atoms with E-state index in [2.05, 4.69) is 15.3 Å². The molecule has 0 aromatic carbocycles.